The minimum absolute atomic E-state index is 0.161. The summed E-state index contributed by atoms with van der Waals surface area (Å²) in [5.41, 5.74) is 5.88. The van der Waals surface area contributed by atoms with Crippen molar-refractivity contribution in [1.29, 1.82) is 0 Å². The number of nitrogens with one attached hydrogen (secondary N) is 3. The minimum Gasteiger partial charge on any atom is -0.463 e. The maximum absolute atomic E-state index is 12.0. The Labute approximate surface area is 119 Å². The van der Waals surface area contributed by atoms with Gasteiger partial charge in [0.25, 0.3) is 5.91 Å². The van der Waals surface area contributed by atoms with Gasteiger partial charge in [-0.2, -0.15) is 4.98 Å². The molecule has 0 saturated heterocycles. The molecule has 1 aromatic carbocycles. The quantitative estimate of drug-likeness (QED) is 0.650. The summed E-state index contributed by atoms with van der Waals surface area (Å²) in [5, 5.41) is 11.2. The van der Waals surface area contributed by atoms with Gasteiger partial charge in [0.1, 0.15) is 0 Å². The minimum atomic E-state index is -0.669. The first-order chi connectivity index (χ1) is 10.1. The summed E-state index contributed by atoms with van der Waals surface area (Å²) in [6, 6.07) is 5.70. The maximum Gasteiger partial charge on any atom is 0.337 e. The molecule has 0 unspecified atom stereocenters. The van der Waals surface area contributed by atoms with E-state index in [0.29, 0.717) is 17.9 Å². The second kappa shape index (κ2) is 6.37. The number of anilines is 2. The van der Waals surface area contributed by atoms with Crippen molar-refractivity contribution in [2.24, 2.45) is 5.73 Å². The average molecular weight is 290 g/mol. The summed E-state index contributed by atoms with van der Waals surface area (Å²) in [7, 11) is 0. The molecule has 0 saturated carbocycles. The van der Waals surface area contributed by atoms with Gasteiger partial charge in [-0.25, -0.2) is 9.89 Å². The van der Waals surface area contributed by atoms with E-state index < -0.39 is 6.03 Å². The third kappa shape index (κ3) is 3.93. The summed E-state index contributed by atoms with van der Waals surface area (Å²) in [6.45, 7) is 2.23. The first-order valence-corrected chi connectivity index (χ1v) is 6.11. The lowest BCUT2D eigenvalue weighted by Crippen LogP contribution is -2.19. The van der Waals surface area contributed by atoms with Crippen molar-refractivity contribution in [3.63, 3.8) is 0 Å². The van der Waals surface area contributed by atoms with Gasteiger partial charge >= 0.3 is 12.0 Å². The highest BCUT2D eigenvalue weighted by atomic mass is 16.5. The average Bonchev–Trinajstić information content (AvgIpc) is 2.86. The van der Waals surface area contributed by atoms with E-state index in [9.17, 15) is 9.59 Å². The van der Waals surface area contributed by atoms with Crippen LogP contribution in [0.15, 0.2) is 24.3 Å². The Morgan fingerprint density at radius 3 is 2.62 bits per heavy atom. The number of nitrogens with zero attached hydrogens (tertiary/aromatic N) is 2. The van der Waals surface area contributed by atoms with Crippen molar-refractivity contribution >= 4 is 23.6 Å². The number of aromatic nitrogens is 3. The molecule has 0 radical (unpaired) electrons. The number of hydrogen-bond donors (Lipinski definition) is 4. The van der Waals surface area contributed by atoms with E-state index in [1.165, 1.54) is 0 Å². The van der Waals surface area contributed by atoms with Crippen LogP contribution >= 0.6 is 0 Å². The molecule has 1 heterocycles. The van der Waals surface area contributed by atoms with E-state index in [4.69, 9.17) is 10.5 Å². The molecule has 9 heteroatoms. The lowest BCUT2D eigenvalue weighted by molar-refractivity contribution is 0.102. The topological polar surface area (TPSA) is 135 Å². The number of benzene rings is 1. The van der Waals surface area contributed by atoms with Crippen LogP contribution in [0.4, 0.5) is 16.4 Å². The fourth-order valence-electron chi connectivity index (χ4n) is 1.52. The van der Waals surface area contributed by atoms with Crippen LogP contribution in [0.1, 0.15) is 17.3 Å². The number of hydrogen-bond acceptors (Lipinski definition) is 5. The number of carbonyl (C=O) groups is 2. The molecule has 0 bridgehead atoms. The zero-order valence-corrected chi connectivity index (χ0v) is 11.2. The Kier molecular flexibility index (Phi) is 4.34. The molecule has 2 aromatic rings. The van der Waals surface area contributed by atoms with Gasteiger partial charge in [0.15, 0.2) is 0 Å². The number of rotatable bonds is 5. The summed E-state index contributed by atoms with van der Waals surface area (Å²) in [6.07, 6.45) is 0. The predicted molar refractivity (Wildman–Crippen MR) is 75.2 cm³/mol. The van der Waals surface area contributed by atoms with Crippen LogP contribution in [0.5, 0.6) is 6.01 Å². The molecule has 0 aliphatic carbocycles. The molecular formula is C12H14N6O3. The van der Waals surface area contributed by atoms with E-state index in [1.54, 1.807) is 31.2 Å². The van der Waals surface area contributed by atoms with Gasteiger partial charge in [-0.1, -0.05) is 0 Å². The molecule has 0 aliphatic heterocycles. The highest BCUT2D eigenvalue weighted by molar-refractivity contribution is 6.03. The first-order valence-electron chi connectivity index (χ1n) is 6.11. The van der Waals surface area contributed by atoms with Crippen molar-refractivity contribution < 1.29 is 14.3 Å². The van der Waals surface area contributed by atoms with Crippen LogP contribution in [0.2, 0.25) is 0 Å². The van der Waals surface area contributed by atoms with Crippen LogP contribution in [0.25, 0.3) is 0 Å². The maximum atomic E-state index is 12.0. The number of primary amides is 1. The second-order valence-electron chi connectivity index (χ2n) is 3.92. The number of nitrogens with two attached hydrogens (primary N) is 1. The van der Waals surface area contributed by atoms with Gasteiger partial charge in [-0.05, 0) is 31.2 Å². The Hall–Kier alpha value is -3.10. The van der Waals surface area contributed by atoms with Gasteiger partial charge in [-0.3, -0.25) is 10.1 Å². The fraction of sp³-hybridized carbons (Fsp3) is 0.167. The molecule has 0 fully saturated rings. The molecular weight excluding hydrogens is 276 g/mol. The van der Waals surface area contributed by atoms with E-state index >= 15 is 0 Å². The van der Waals surface area contributed by atoms with Crippen molar-refractivity contribution in [1.82, 2.24) is 15.2 Å². The van der Waals surface area contributed by atoms with Crippen LogP contribution < -0.4 is 21.1 Å². The largest absolute Gasteiger partial charge is 0.463 e. The standard InChI is InChI=1S/C12H14N6O3/c1-2-21-12-16-11(17-18-12)15-9(19)7-3-5-8(6-4-7)14-10(13)20/h3-6H,2H2,1H3,(H3,13,14,20)(H2,15,16,17,18,19). The number of H-pyrrole nitrogens is 1. The number of amides is 3. The third-order valence-electron chi connectivity index (χ3n) is 2.38. The Morgan fingerprint density at radius 2 is 2.00 bits per heavy atom. The van der Waals surface area contributed by atoms with Crippen LogP contribution in [-0.2, 0) is 0 Å². The number of carbonyl (C=O) groups excluding carboxylic acids is 2. The predicted octanol–water partition coefficient (Wildman–Crippen LogP) is 0.946. The zero-order valence-electron chi connectivity index (χ0n) is 11.2. The molecule has 110 valence electrons. The highest BCUT2D eigenvalue weighted by Crippen LogP contribution is 2.11. The fourth-order valence-corrected chi connectivity index (χ4v) is 1.52. The third-order valence-corrected chi connectivity index (χ3v) is 2.38. The second-order valence-corrected chi connectivity index (χ2v) is 3.92. The molecule has 3 amide bonds. The van der Waals surface area contributed by atoms with Crippen molar-refractivity contribution in [3.8, 4) is 6.01 Å². The summed E-state index contributed by atoms with van der Waals surface area (Å²) in [4.78, 5) is 26.6. The van der Waals surface area contributed by atoms with E-state index in [2.05, 4.69) is 25.8 Å². The van der Waals surface area contributed by atoms with E-state index in [-0.39, 0.29) is 17.9 Å². The lowest BCUT2D eigenvalue weighted by Gasteiger charge is -2.04. The molecule has 1 aromatic heterocycles. The Balaban J connectivity index is 2.00. The van der Waals surface area contributed by atoms with Crippen LogP contribution in [-0.4, -0.2) is 33.7 Å². The molecule has 0 spiro atoms. The van der Waals surface area contributed by atoms with Crippen LogP contribution in [0, 0.1) is 0 Å². The molecule has 0 aliphatic rings. The van der Waals surface area contributed by atoms with E-state index in [0.717, 1.165) is 0 Å². The Morgan fingerprint density at radius 1 is 1.29 bits per heavy atom. The van der Waals surface area contributed by atoms with E-state index in [1.807, 2.05) is 0 Å². The van der Waals surface area contributed by atoms with Gasteiger partial charge in [-0.15, -0.1) is 5.10 Å². The SMILES string of the molecule is CCOc1n[nH]c(NC(=O)c2ccc(NC(N)=O)cc2)n1. The molecule has 5 N–H and O–H groups in total. The van der Waals surface area contributed by atoms with Gasteiger partial charge in [0, 0.05) is 11.3 Å². The summed E-state index contributed by atoms with van der Waals surface area (Å²) >= 11 is 0. The monoisotopic (exact) mass is 290 g/mol. The van der Waals surface area contributed by atoms with Crippen molar-refractivity contribution in [2.75, 3.05) is 17.2 Å². The normalized spacial score (nSPS) is 9.95. The van der Waals surface area contributed by atoms with Gasteiger partial charge in [0.2, 0.25) is 5.95 Å². The lowest BCUT2D eigenvalue weighted by atomic mass is 10.2. The van der Waals surface area contributed by atoms with Crippen molar-refractivity contribution in [3.05, 3.63) is 29.8 Å². The summed E-state index contributed by atoms with van der Waals surface area (Å²) < 4.78 is 5.07. The van der Waals surface area contributed by atoms with Gasteiger partial charge in [0.05, 0.1) is 6.61 Å². The number of ether oxygens (including phenoxy) is 1. The molecule has 2 rings (SSSR count). The van der Waals surface area contributed by atoms with Crippen LogP contribution in [0.3, 0.4) is 0 Å². The molecule has 21 heavy (non-hydrogen) atoms. The number of urea groups is 1. The zero-order chi connectivity index (χ0) is 15.2. The number of aromatic amines is 1. The molecule has 0 atom stereocenters. The van der Waals surface area contributed by atoms with Crippen molar-refractivity contribution in [2.45, 2.75) is 6.92 Å². The first kappa shape index (κ1) is 14.3. The molecule has 9 nitrogen and oxygen atoms in total. The Bertz CT molecular complexity index is 637. The summed E-state index contributed by atoms with van der Waals surface area (Å²) in [5.74, 6) is -0.192. The smallest absolute Gasteiger partial charge is 0.337 e. The highest BCUT2D eigenvalue weighted by Gasteiger charge is 2.10. The van der Waals surface area contributed by atoms with Gasteiger partial charge < -0.3 is 15.8 Å².